The average molecular weight is 168 g/mol. The molecule has 1 aliphatic carbocycles. The van der Waals surface area contributed by atoms with Gasteiger partial charge in [0, 0.05) is 0 Å². The van der Waals surface area contributed by atoms with Crippen molar-refractivity contribution in [1.82, 2.24) is 0 Å². The monoisotopic (exact) mass is 168 g/mol. The Morgan fingerprint density at radius 1 is 1.33 bits per heavy atom. The van der Waals surface area contributed by atoms with Crippen LogP contribution in [0.3, 0.4) is 0 Å². The van der Waals surface area contributed by atoms with Gasteiger partial charge in [0.15, 0.2) is 0 Å². The number of hydrogen-bond acceptors (Lipinski definition) is 1. The molecule has 1 rings (SSSR count). The van der Waals surface area contributed by atoms with Crippen LogP contribution < -0.4 is 0 Å². The van der Waals surface area contributed by atoms with E-state index < -0.39 is 0 Å². The van der Waals surface area contributed by atoms with Crippen LogP contribution in [0, 0.1) is 0 Å². The van der Waals surface area contributed by atoms with Crippen LogP contribution in [-0.2, 0) is 0 Å². The van der Waals surface area contributed by atoms with Gasteiger partial charge >= 0.3 is 0 Å². The van der Waals surface area contributed by atoms with Crippen LogP contribution >= 0.6 is 0 Å². The van der Waals surface area contributed by atoms with Crippen molar-refractivity contribution in [2.24, 2.45) is 0 Å². The molecule has 0 fully saturated rings. The van der Waals surface area contributed by atoms with Crippen LogP contribution in [0.2, 0.25) is 0 Å². The van der Waals surface area contributed by atoms with E-state index in [4.69, 9.17) is 0 Å². The molecule has 0 spiro atoms. The van der Waals surface area contributed by atoms with Gasteiger partial charge in [0.2, 0.25) is 0 Å². The van der Waals surface area contributed by atoms with Crippen LogP contribution in [-0.4, -0.2) is 10.7 Å². The van der Waals surface area contributed by atoms with Crippen molar-refractivity contribution in [2.45, 2.75) is 57.5 Å². The molecule has 0 saturated heterocycles. The summed E-state index contributed by atoms with van der Waals surface area (Å²) in [5, 5.41) is 10.1. The molecular formula is C11H20O. The van der Waals surface area contributed by atoms with E-state index in [-0.39, 0.29) is 5.60 Å². The van der Waals surface area contributed by atoms with E-state index in [1.165, 1.54) is 19.3 Å². The Kier molecular flexibility index (Phi) is 3.80. The van der Waals surface area contributed by atoms with Crippen molar-refractivity contribution >= 4 is 0 Å². The summed E-state index contributed by atoms with van der Waals surface area (Å²) in [6.45, 7) is 2.14. The number of allylic oxidation sites excluding steroid dienone is 1. The third kappa shape index (κ3) is 2.98. The fourth-order valence-electron chi connectivity index (χ4n) is 1.93. The van der Waals surface area contributed by atoms with Gasteiger partial charge < -0.3 is 5.11 Å². The largest absolute Gasteiger partial charge is 0.390 e. The lowest BCUT2D eigenvalue weighted by molar-refractivity contribution is 0.0216. The minimum Gasteiger partial charge on any atom is -0.390 e. The second kappa shape index (κ2) is 4.66. The fourth-order valence-corrected chi connectivity index (χ4v) is 1.93. The Bertz CT molecular complexity index is 151. The second-order valence-electron chi connectivity index (χ2n) is 3.90. The summed E-state index contributed by atoms with van der Waals surface area (Å²) >= 11 is 0. The predicted molar refractivity (Wildman–Crippen MR) is 52.1 cm³/mol. The molecule has 0 aromatic rings. The van der Waals surface area contributed by atoms with E-state index in [1.807, 2.05) is 0 Å². The SMILES string of the molecule is CCCC1(O)C/C=C\CCCC1. The molecular weight excluding hydrogens is 148 g/mol. The molecule has 0 heterocycles. The molecule has 1 N–H and O–H groups in total. The van der Waals surface area contributed by atoms with Crippen LogP contribution in [0.25, 0.3) is 0 Å². The molecule has 1 nitrogen and oxygen atoms in total. The molecule has 0 aromatic carbocycles. The third-order valence-corrected chi connectivity index (χ3v) is 2.64. The van der Waals surface area contributed by atoms with Crippen LogP contribution in [0.4, 0.5) is 0 Å². The Balaban J connectivity index is 2.48. The molecule has 0 saturated carbocycles. The number of hydrogen-bond donors (Lipinski definition) is 1. The van der Waals surface area contributed by atoms with Gasteiger partial charge in [-0.1, -0.05) is 31.9 Å². The molecule has 0 aromatic heterocycles. The maximum atomic E-state index is 10.1. The lowest BCUT2D eigenvalue weighted by Crippen LogP contribution is -2.28. The third-order valence-electron chi connectivity index (χ3n) is 2.64. The molecule has 0 bridgehead atoms. The van der Waals surface area contributed by atoms with E-state index in [9.17, 15) is 5.11 Å². The van der Waals surface area contributed by atoms with Crippen molar-refractivity contribution in [3.05, 3.63) is 12.2 Å². The predicted octanol–water partition coefficient (Wildman–Crippen LogP) is 3.04. The Morgan fingerprint density at radius 3 is 2.92 bits per heavy atom. The van der Waals surface area contributed by atoms with Gasteiger partial charge in [-0.2, -0.15) is 0 Å². The fraction of sp³-hybridized carbons (Fsp3) is 0.818. The van der Waals surface area contributed by atoms with Gasteiger partial charge in [0.1, 0.15) is 0 Å². The molecule has 1 unspecified atom stereocenters. The highest BCUT2D eigenvalue weighted by atomic mass is 16.3. The zero-order chi connectivity index (χ0) is 8.86. The van der Waals surface area contributed by atoms with Gasteiger partial charge in [-0.15, -0.1) is 0 Å². The van der Waals surface area contributed by atoms with Crippen LogP contribution in [0.5, 0.6) is 0 Å². The zero-order valence-electron chi connectivity index (χ0n) is 8.05. The highest BCUT2D eigenvalue weighted by molar-refractivity contribution is 4.93. The lowest BCUT2D eigenvalue weighted by Gasteiger charge is -2.27. The summed E-state index contributed by atoms with van der Waals surface area (Å²) in [4.78, 5) is 0. The summed E-state index contributed by atoms with van der Waals surface area (Å²) in [5.41, 5.74) is -0.383. The highest BCUT2D eigenvalue weighted by Gasteiger charge is 2.23. The molecule has 0 amide bonds. The van der Waals surface area contributed by atoms with Gasteiger partial charge in [-0.25, -0.2) is 0 Å². The van der Waals surface area contributed by atoms with Crippen molar-refractivity contribution in [1.29, 1.82) is 0 Å². The first-order chi connectivity index (χ1) is 5.77. The molecule has 1 atom stereocenters. The van der Waals surface area contributed by atoms with E-state index in [0.717, 1.165) is 25.7 Å². The van der Waals surface area contributed by atoms with Crippen LogP contribution in [0.1, 0.15) is 51.9 Å². The maximum Gasteiger partial charge on any atom is 0.0682 e. The standard InChI is InChI=1S/C11H20O/c1-2-8-11(12)9-6-4-3-5-7-10-11/h4,6,12H,2-3,5,7-10H2,1H3/b6-4-. The van der Waals surface area contributed by atoms with Gasteiger partial charge in [-0.3, -0.25) is 0 Å². The quantitative estimate of drug-likeness (QED) is 0.628. The minimum absolute atomic E-state index is 0.383. The first-order valence-corrected chi connectivity index (χ1v) is 5.14. The number of rotatable bonds is 2. The zero-order valence-corrected chi connectivity index (χ0v) is 8.05. The second-order valence-corrected chi connectivity index (χ2v) is 3.90. The summed E-state index contributed by atoms with van der Waals surface area (Å²) in [6, 6.07) is 0. The van der Waals surface area contributed by atoms with Gasteiger partial charge in [-0.05, 0) is 32.1 Å². The lowest BCUT2D eigenvalue weighted by atomic mass is 9.86. The van der Waals surface area contributed by atoms with Crippen molar-refractivity contribution in [3.8, 4) is 0 Å². The molecule has 1 aliphatic rings. The number of aliphatic hydroxyl groups is 1. The highest BCUT2D eigenvalue weighted by Crippen LogP contribution is 2.26. The van der Waals surface area contributed by atoms with E-state index >= 15 is 0 Å². The van der Waals surface area contributed by atoms with Crippen molar-refractivity contribution in [3.63, 3.8) is 0 Å². The first kappa shape index (κ1) is 9.79. The molecule has 0 aliphatic heterocycles. The Hall–Kier alpha value is -0.300. The summed E-state index contributed by atoms with van der Waals surface area (Å²) in [5.74, 6) is 0. The topological polar surface area (TPSA) is 20.2 Å². The minimum atomic E-state index is -0.383. The van der Waals surface area contributed by atoms with E-state index in [2.05, 4.69) is 19.1 Å². The average Bonchev–Trinajstić information content (AvgIpc) is 1.99. The summed E-state index contributed by atoms with van der Waals surface area (Å²) in [6.07, 6.45) is 11.9. The Morgan fingerprint density at radius 2 is 2.17 bits per heavy atom. The normalized spacial score (nSPS) is 33.8. The van der Waals surface area contributed by atoms with Gasteiger partial charge in [0.05, 0.1) is 5.60 Å². The van der Waals surface area contributed by atoms with Crippen molar-refractivity contribution < 1.29 is 5.11 Å². The molecule has 1 heteroatoms. The summed E-state index contributed by atoms with van der Waals surface area (Å²) < 4.78 is 0. The maximum absolute atomic E-state index is 10.1. The Labute approximate surface area is 75.5 Å². The molecule has 0 radical (unpaired) electrons. The smallest absolute Gasteiger partial charge is 0.0682 e. The molecule has 12 heavy (non-hydrogen) atoms. The first-order valence-electron chi connectivity index (χ1n) is 5.14. The van der Waals surface area contributed by atoms with Crippen LogP contribution in [0.15, 0.2) is 12.2 Å². The molecule has 70 valence electrons. The summed E-state index contributed by atoms with van der Waals surface area (Å²) in [7, 11) is 0. The van der Waals surface area contributed by atoms with Crippen molar-refractivity contribution in [2.75, 3.05) is 0 Å². The van der Waals surface area contributed by atoms with Gasteiger partial charge in [0.25, 0.3) is 0 Å². The van der Waals surface area contributed by atoms with E-state index in [0.29, 0.717) is 0 Å². The van der Waals surface area contributed by atoms with E-state index in [1.54, 1.807) is 0 Å².